The first-order valence-corrected chi connectivity index (χ1v) is 5.80. The van der Waals surface area contributed by atoms with Gasteiger partial charge in [0.2, 0.25) is 0 Å². The second-order valence-corrected chi connectivity index (χ2v) is 4.36. The number of nitrogens with zero attached hydrogens (tertiary/aromatic N) is 1. The highest BCUT2D eigenvalue weighted by Crippen LogP contribution is 2.20. The molecule has 0 fully saturated rings. The van der Waals surface area contributed by atoms with Crippen molar-refractivity contribution in [2.24, 2.45) is 0 Å². The molecule has 2 rings (SSSR count). The fourth-order valence-corrected chi connectivity index (χ4v) is 1.77. The van der Waals surface area contributed by atoms with Gasteiger partial charge in [0.25, 0.3) is 5.91 Å². The van der Waals surface area contributed by atoms with Crippen LogP contribution in [0.5, 0.6) is 0 Å². The Bertz CT molecular complexity index is 602. The van der Waals surface area contributed by atoms with Crippen molar-refractivity contribution >= 4 is 40.5 Å². The number of amides is 1. The van der Waals surface area contributed by atoms with Crippen molar-refractivity contribution in [3.63, 3.8) is 0 Å². The number of anilines is 2. The third-order valence-corrected chi connectivity index (χ3v) is 2.76. The van der Waals surface area contributed by atoms with E-state index in [1.165, 1.54) is 12.3 Å². The number of halogens is 2. The Morgan fingerprint density at radius 3 is 2.72 bits per heavy atom. The van der Waals surface area contributed by atoms with E-state index in [-0.39, 0.29) is 5.91 Å². The van der Waals surface area contributed by atoms with Gasteiger partial charge >= 0.3 is 0 Å². The fourth-order valence-electron chi connectivity index (χ4n) is 1.40. The SMILES string of the molecule is Nc1ccc(Cl)c(C(=O)Nc2ccnc(Cl)c2)c1. The third-order valence-electron chi connectivity index (χ3n) is 2.22. The molecule has 1 amide bonds. The van der Waals surface area contributed by atoms with Crippen LogP contribution >= 0.6 is 23.2 Å². The largest absolute Gasteiger partial charge is 0.399 e. The van der Waals surface area contributed by atoms with Gasteiger partial charge in [-0.25, -0.2) is 4.98 Å². The van der Waals surface area contributed by atoms with Gasteiger partial charge in [-0.15, -0.1) is 0 Å². The molecule has 3 N–H and O–H groups in total. The van der Waals surface area contributed by atoms with Crippen LogP contribution in [0.25, 0.3) is 0 Å². The first-order valence-electron chi connectivity index (χ1n) is 5.04. The molecule has 0 atom stereocenters. The molecule has 92 valence electrons. The van der Waals surface area contributed by atoms with Gasteiger partial charge in [0, 0.05) is 17.6 Å². The topological polar surface area (TPSA) is 68.0 Å². The summed E-state index contributed by atoms with van der Waals surface area (Å²) in [6.07, 6.45) is 1.50. The molecule has 1 aromatic carbocycles. The lowest BCUT2D eigenvalue weighted by atomic mass is 10.2. The van der Waals surface area contributed by atoms with Gasteiger partial charge in [-0.05, 0) is 30.3 Å². The van der Waals surface area contributed by atoms with Crippen molar-refractivity contribution in [2.75, 3.05) is 11.1 Å². The zero-order valence-corrected chi connectivity index (χ0v) is 10.7. The molecule has 0 saturated carbocycles. The van der Waals surface area contributed by atoms with Crippen molar-refractivity contribution < 1.29 is 4.79 Å². The minimum atomic E-state index is -0.352. The lowest BCUT2D eigenvalue weighted by molar-refractivity contribution is 0.102. The van der Waals surface area contributed by atoms with E-state index in [9.17, 15) is 4.79 Å². The molecule has 1 aromatic heterocycles. The minimum Gasteiger partial charge on any atom is -0.399 e. The average molecular weight is 282 g/mol. The molecule has 0 aliphatic heterocycles. The predicted molar refractivity (Wildman–Crippen MR) is 73.1 cm³/mol. The molecule has 6 heteroatoms. The summed E-state index contributed by atoms with van der Waals surface area (Å²) in [5, 5.41) is 3.30. The predicted octanol–water partition coefficient (Wildman–Crippen LogP) is 3.22. The van der Waals surface area contributed by atoms with Crippen molar-refractivity contribution in [3.8, 4) is 0 Å². The van der Waals surface area contributed by atoms with E-state index in [0.29, 0.717) is 27.1 Å². The van der Waals surface area contributed by atoms with Crippen molar-refractivity contribution in [1.82, 2.24) is 4.98 Å². The van der Waals surface area contributed by atoms with Crippen LogP contribution in [0.2, 0.25) is 10.2 Å². The Balaban J connectivity index is 2.24. The van der Waals surface area contributed by atoms with Crippen LogP contribution in [0.1, 0.15) is 10.4 Å². The van der Waals surface area contributed by atoms with Gasteiger partial charge in [0.05, 0.1) is 10.6 Å². The van der Waals surface area contributed by atoms with Crippen LogP contribution in [0, 0.1) is 0 Å². The van der Waals surface area contributed by atoms with Crippen molar-refractivity contribution in [1.29, 1.82) is 0 Å². The first kappa shape index (κ1) is 12.7. The van der Waals surface area contributed by atoms with E-state index >= 15 is 0 Å². The van der Waals surface area contributed by atoms with Crippen LogP contribution in [0.15, 0.2) is 36.5 Å². The van der Waals surface area contributed by atoms with E-state index in [1.54, 1.807) is 24.3 Å². The van der Waals surface area contributed by atoms with Crippen LogP contribution in [-0.4, -0.2) is 10.9 Å². The summed E-state index contributed by atoms with van der Waals surface area (Å²) in [6.45, 7) is 0. The number of carbonyl (C=O) groups is 1. The minimum absolute atomic E-state index is 0.298. The number of hydrogen-bond donors (Lipinski definition) is 2. The van der Waals surface area contributed by atoms with Crippen LogP contribution in [-0.2, 0) is 0 Å². The Hall–Kier alpha value is -1.78. The Labute approximate surface area is 114 Å². The Kier molecular flexibility index (Phi) is 3.69. The molecule has 0 aliphatic rings. The molecule has 0 saturated heterocycles. The number of nitrogens with two attached hydrogens (primary N) is 1. The maximum Gasteiger partial charge on any atom is 0.257 e. The second-order valence-electron chi connectivity index (χ2n) is 3.56. The number of carbonyl (C=O) groups excluding carboxylic acids is 1. The zero-order chi connectivity index (χ0) is 13.1. The van der Waals surface area contributed by atoms with Gasteiger partial charge in [-0.3, -0.25) is 4.79 Å². The van der Waals surface area contributed by atoms with Crippen molar-refractivity contribution in [3.05, 3.63) is 52.3 Å². The molecule has 18 heavy (non-hydrogen) atoms. The number of hydrogen-bond acceptors (Lipinski definition) is 3. The molecule has 1 heterocycles. The van der Waals surface area contributed by atoms with Crippen LogP contribution in [0.3, 0.4) is 0 Å². The van der Waals surface area contributed by atoms with E-state index in [1.807, 2.05) is 0 Å². The maximum atomic E-state index is 12.0. The molecular weight excluding hydrogens is 273 g/mol. The molecule has 0 unspecified atom stereocenters. The number of rotatable bonds is 2. The monoisotopic (exact) mass is 281 g/mol. The van der Waals surface area contributed by atoms with E-state index in [0.717, 1.165) is 0 Å². The van der Waals surface area contributed by atoms with Gasteiger partial charge in [0.15, 0.2) is 0 Å². The molecule has 2 aromatic rings. The number of aromatic nitrogens is 1. The third kappa shape index (κ3) is 2.91. The highest BCUT2D eigenvalue weighted by atomic mass is 35.5. The summed E-state index contributed by atoms with van der Waals surface area (Å²) in [6, 6.07) is 7.89. The highest BCUT2D eigenvalue weighted by Gasteiger charge is 2.11. The summed E-state index contributed by atoms with van der Waals surface area (Å²) >= 11 is 11.7. The fraction of sp³-hybridized carbons (Fsp3) is 0. The highest BCUT2D eigenvalue weighted by molar-refractivity contribution is 6.34. The lowest BCUT2D eigenvalue weighted by Gasteiger charge is -2.07. The maximum absolute atomic E-state index is 12.0. The molecule has 0 spiro atoms. The molecule has 4 nitrogen and oxygen atoms in total. The number of benzene rings is 1. The van der Waals surface area contributed by atoms with Gasteiger partial charge in [-0.1, -0.05) is 23.2 Å². The van der Waals surface area contributed by atoms with Gasteiger partial charge in [0.1, 0.15) is 5.15 Å². The number of pyridine rings is 1. The molecule has 0 radical (unpaired) electrons. The summed E-state index contributed by atoms with van der Waals surface area (Å²) < 4.78 is 0. The van der Waals surface area contributed by atoms with Crippen molar-refractivity contribution in [2.45, 2.75) is 0 Å². The van der Waals surface area contributed by atoms with Gasteiger partial charge < -0.3 is 11.1 Å². The Morgan fingerprint density at radius 2 is 2.00 bits per heavy atom. The first-order chi connectivity index (χ1) is 8.56. The van der Waals surface area contributed by atoms with E-state index < -0.39 is 0 Å². The van der Waals surface area contributed by atoms with E-state index in [4.69, 9.17) is 28.9 Å². The normalized spacial score (nSPS) is 10.1. The summed E-state index contributed by atoms with van der Waals surface area (Å²) in [5.41, 5.74) is 6.93. The van der Waals surface area contributed by atoms with Crippen LogP contribution in [0.4, 0.5) is 11.4 Å². The number of nitrogen functional groups attached to an aromatic ring is 1. The summed E-state index contributed by atoms with van der Waals surface area (Å²) in [7, 11) is 0. The standard InChI is InChI=1S/C12H9Cl2N3O/c13-10-2-1-7(15)5-9(10)12(18)17-8-3-4-16-11(14)6-8/h1-6H,15H2,(H,16,17,18). The quantitative estimate of drug-likeness (QED) is 0.656. The number of nitrogens with one attached hydrogen (secondary N) is 1. The summed E-state index contributed by atoms with van der Waals surface area (Å²) in [4.78, 5) is 15.8. The average Bonchev–Trinajstić information content (AvgIpc) is 2.32. The zero-order valence-electron chi connectivity index (χ0n) is 9.15. The smallest absolute Gasteiger partial charge is 0.257 e. The molecular formula is C12H9Cl2N3O. The second kappa shape index (κ2) is 5.25. The molecule has 0 bridgehead atoms. The Morgan fingerprint density at radius 1 is 1.22 bits per heavy atom. The summed E-state index contributed by atoms with van der Waals surface area (Å²) in [5.74, 6) is -0.352. The lowest BCUT2D eigenvalue weighted by Crippen LogP contribution is -2.12. The van der Waals surface area contributed by atoms with Crippen LogP contribution < -0.4 is 11.1 Å². The van der Waals surface area contributed by atoms with E-state index in [2.05, 4.69) is 10.3 Å². The molecule has 0 aliphatic carbocycles. The van der Waals surface area contributed by atoms with Gasteiger partial charge in [-0.2, -0.15) is 0 Å².